The number of para-hydroxylation sites is 1. The maximum absolute atomic E-state index is 13.8. The van der Waals surface area contributed by atoms with Crippen molar-refractivity contribution in [1.82, 2.24) is 45.0 Å². The summed E-state index contributed by atoms with van der Waals surface area (Å²) >= 11 is 17.0. The highest BCUT2D eigenvalue weighted by atomic mass is 35.5. The predicted molar refractivity (Wildman–Crippen MR) is 574 cm³/mol. The number of primary amides is 1. The summed E-state index contributed by atoms with van der Waals surface area (Å²) in [5, 5.41) is 45.4. The first-order valence-electron chi connectivity index (χ1n) is 47.1. The van der Waals surface area contributed by atoms with Gasteiger partial charge in [0.2, 0.25) is 17.6 Å². The number of amides is 4. The number of piperidine rings is 2. The monoisotopic (exact) mass is 2080 g/mol. The zero-order valence-corrected chi connectivity index (χ0v) is 85.4. The van der Waals surface area contributed by atoms with Crippen LogP contribution in [0, 0.1) is 55.6 Å². The number of thiazole rings is 1. The van der Waals surface area contributed by atoms with Crippen LogP contribution in [-0.2, 0) is 38.6 Å². The van der Waals surface area contributed by atoms with E-state index in [9.17, 15) is 55.7 Å². The number of carbonyl (C=O) groups is 5. The average Bonchev–Trinajstić information content (AvgIpc) is 1.59. The van der Waals surface area contributed by atoms with Gasteiger partial charge in [0.15, 0.2) is 22.4 Å². The van der Waals surface area contributed by atoms with Crippen LogP contribution in [0.4, 0.5) is 58.2 Å². The van der Waals surface area contributed by atoms with Crippen molar-refractivity contribution in [2.24, 2.45) is 23.5 Å². The highest BCUT2D eigenvalue weighted by molar-refractivity contribution is 8.00. The Morgan fingerprint density at radius 2 is 1.32 bits per heavy atom. The van der Waals surface area contributed by atoms with E-state index in [0.717, 1.165) is 104 Å². The zero-order valence-electron chi connectivity index (χ0n) is 80.6. The molecule has 3 saturated heterocycles. The topological polar surface area (TPSA) is 381 Å². The summed E-state index contributed by atoms with van der Waals surface area (Å²) in [5.74, 6) is -0.287. The zero-order chi connectivity index (χ0) is 103. The molecule has 0 saturated carbocycles. The summed E-state index contributed by atoms with van der Waals surface area (Å²) in [4.78, 5) is 84.2. The van der Waals surface area contributed by atoms with Gasteiger partial charge in [-0.15, -0.1) is 44.6 Å². The summed E-state index contributed by atoms with van der Waals surface area (Å²) in [6, 6.07) is 81.9. The van der Waals surface area contributed by atoms with Gasteiger partial charge in [-0.2, -0.15) is 23.1 Å². The minimum Gasteiger partial charge on any atom is -0.450 e. The highest BCUT2D eigenvalue weighted by Gasteiger charge is 2.46. The number of nitrogens with zero attached hydrogens (tertiary/aromatic N) is 10. The number of aryl methyl sites for hydroxylation is 4. The van der Waals surface area contributed by atoms with Gasteiger partial charge in [-0.3, -0.25) is 38.8 Å². The van der Waals surface area contributed by atoms with Crippen molar-refractivity contribution >= 4 is 170 Å². The number of halogens is 5. The highest BCUT2D eigenvalue weighted by Crippen LogP contribution is 2.45. The van der Waals surface area contributed by atoms with Crippen molar-refractivity contribution in [2.45, 2.75) is 115 Å². The average molecular weight is 2090 g/mol. The number of aromatic nitrogens is 7. The third kappa shape index (κ3) is 27.0. The van der Waals surface area contributed by atoms with Crippen LogP contribution in [0.1, 0.15) is 128 Å². The van der Waals surface area contributed by atoms with Gasteiger partial charge in [-0.25, -0.2) is 17.9 Å². The van der Waals surface area contributed by atoms with Crippen molar-refractivity contribution in [1.29, 1.82) is 0 Å². The molecular formula is C109H106Cl2F3N17O11S4. The number of ketones is 1. The van der Waals surface area contributed by atoms with Crippen LogP contribution in [-0.4, -0.2) is 126 Å². The molecule has 10 aromatic carbocycles. The fraction of sp³-hybridized carbons (Fsp3) is 0.229. The number of furan rings is 1. The standard InChI is InChI=1S/C23H17NO3.C22H21ClF3N3O.C20H18N4O3S2.C18H20N2O2S2.C13H11ClN4.C13H19N3O2/c25-20(15-16-9-3-1-4-10-16)24-21-18-13-7-8-14-19(18)27-23(21)22(26)17-11-5-2-6-12-17;1-13-3-5-15(6-4-13)16-11-17-19(23)20(21(30)28-9-7-14(2)8-10-28)27-29(17)18(12-16)22(24,25)26;1-13-3-5-15(6-4-13)18-12-28-20(22-18)21-16-7-9-17(10-8-16)29(25,26)24-19-11-14(2)27-23-19;1-11-14(10-12-6-3-2-4-7-12)24-18(15(11)16(19)21)20-17(22)13-8-5-9-23-13;1-8-2-4-10(7-11(8)14)18-16-12-5-3-9(15)6-13(12)17-18;1-2-14-12-10-11(6-7-13(12)16(17)18)15-8-4-3-5-9-15/h1-14H,15H2,(H,24,25);3-6,11-12,14H,7-10H2,1-2H3;3-12H,1-2H3,(H,21,22)(H,23,24);2-9,11,14-15,18H,10H2,1H3,(H2,19,21)(H,20,22);2-7H,15H2,1H3;6-7,10,14H,2-5,8-9H2,1H3. The van der Waals surface area contributed by atoms with Gasteiger partial charge in [-0.05, 0) is 215 Å². The van der Waals surface area contributed by atoms with E-state index in [-0.39, 0.29) is 95.7 Å². The van der Waals surface area contributed by atoms with Crippen LogP contribution >= 0.6 is 57.6 Å². The van der Waals surface area contributed by atoms with E-state index >= 15 is 0 Å². The number of thiophene rings is 1. The van der Waals surface area contributed by atoms with Crippen molar-refractivity contribution in [3.05, 3.63) is 365 Å². The van der Waals surface area contributed by atoms with Crippen LogP contribution in [0.3, 0.4) is 0 Å². The molecule has 0 radical (unpaired) electrons. The Morgan fingerprint density at radius 3 is 1.95 bits per heavy atom. The van der Waals surface area contributed by atoms with Gasteiger partial charge in [0.1, 0.15) is 33.8 Å². The number of hydrogen-bond acceptors (Lipinski definition) is 23. The first kappa shape index (κ1) is 105. The van der Waals surface area contributed by atoms with Crippen LogP contribution in [0.2, 0.25) is 10.0 Å². The molecule has 17 aromatic rings. The Balaban J connectivity index is 0.000000133. The summed E-state index contributed by atoms with van der Waals surface area (Å²) < 4.78 is 80.1. The number of nitrogen functional groups attached to an aromatic ring is 1. The molecule has 10 heterocycles. The number of pyridine rings is 1. The number of anilines is 7. The summed E-state index contributed by atoms with van der Waals surface area (Å²) in [7, 11) is -3.74. The third-order valence-corrected chi connectivity index (χ3v) is 30.0. The maximum atomic E-state index is 13.8. The Hall–Kier alpha value is -15.0. The molecule has 28 nitrogen and oxygen atoms in total. The van der Waals surface area contributed by atoms with Crippen LogP contribution < -0.4 is 42.4 Å². The second-order valence-electron chi connectivity index (χ2n) is 35.3. The fourth-order valence-electron chi connectivity index (χ4n) is 16.6. The molecular weight excluding hydrogens is 1980 g/mol. The third-order valence-electron chi connectivity index (χ3n) is 24.5. The van der Waals surface area contributed by atoms with Crippen molar-refractivity contribution in [3.63, 3.8) is 0 Å². The van der Waals surface area contributed by atoms with Gasteiger partial charge in [0.05, 0.1) is 60.0 Å². The molecule has 4 amide bonds. The number of nitro groups is 1. The SMILES string of the molecule is CC1C(Cc2ccccc2)SC(NC(=O)c2cccs2)C1C(N)=O.CCNc1cc(N2CCCCC2)ccc1[N+](=O)[O-].Cc1ccc(-c2cc(C(F)(F)F)n3nc(C(=O)N4CCC(C)CC4)c(Cl)c3c2)cc1.Cc1ccc(-c2csc(Nc3ccc(S(=O)(=O)Nc4cc(C)on4)cc3)n2)cc1.Cc1ccc(-n2nc3ccc(N)cc3n2)cc1Cl.O=C(Cc1ccccc1)Nc1c(C(=O)c2ccccc2)oc2ccccc12. The molecule has 752 valence electrons. The van der Waals surface area contributed by atoms with Crippen molar-refractivity contribution in [3.8, 4) is 28.1 Å². The lowest BCUT2D eigenvalue weighted by molar-refractivity contribution is -0.383. The number of nitrogens with two attached hydrogens (primary N) is 2. The lowest BCUT2D eigenvalue weighted by Crippen LogP contribution is -2.42. The van der Waals surface area contributed by atoms with E-state index in [2.05, 4.69) is 87.5 Å². The van der Waals surface area contributed by atoms with E-state index in [0.29, 0.717) is 85.9 Å². The second kappa shape index (κ2) is 48.1. The number of fused-ring (bicyclic) bond motifs is 3. The molecule has 37 heteroatoms. The van der Waals surface area contributed by atoms with Crippen molar-refractivity contribution < 1.29 is 59.4 Å². The molecule has 146 heavy (non-hydrogen) atoms. The van der Waals surface area contributed by atoms with E-state index in [1.54, 1.807) is 107 Å². The molecule has 7 aromatic heterocycles. The predicted octanol–water partition coefficient (Wildman–Crippen LogP) is 24.5. The summed E-state index contributed by atoms with van der Waals surface area (Å²) in [6.45, 7) is 17.6. The van der Waals surface area contributed by atoms with Gasteiger partial charge in [0, 0.05) is 94.1 Å². The van der Waals surface area contributed by atoms with Gasteiger partial charge in [0.25, 0.3) is 27.5 Å². The van der Waals surface area contributed by atoms with E-state index in [1.807, 2.05) is 191 Å². The number of sulfonamides is 1. The maximum Gasteiger partial charge on any atom is 0.433 e. The molecule has 0 bridgehead atoms. The van der Waals surface area contributed by atoms with Crippen LogP contribution in [0.5, 0.6) is 0 Å². The number of nitro benzene ring substituents is 1. The van der Waals surface area contributed by atoms with Gasteiger partial charge in [-0.1, -0.05) is 217 Å². The van der Waals surface area contributed by atoms with Crippen LogP contribution in [0.15, 0.2) is 298 Å². The molecule has 9 N–H and O–H groups in total. The van der Waals surface area contributed by atoms with Crippen LogP contribution in [0.25, 0.3) is 55.6 Å². The van der Waals surface area contributed by atoms with Gasteiger partial charge >= 0.3 is 6.18 Å². The second-order valence-corrected chi connectivity index (χ2v) is 41.0. The van der Waals surface area contributed by atoms with Crippen molar-refractivity contribution in [2.75, 3.05) is 64.0 Å². The Bertz CT molecular complexity index is 7560. The van der Waals surface area contributed by atoms with E-state index in [1.165, 1.54) is 71.3 Å². The molecule has 20 rings (SSSR count). The molecule has 3 aliphatic rings. The van der Waals surface area contributed by atoms with Gasteiger partial charge < -0.3 is 51.5 Å². The molecule has 0 spiro atoms. The number of thioether (sulfide) groups is 1. The van der Waals surface area contributed by atoms with E-state index in [4.69, 9.17) is 43.6 Å². The largest absolute Gasteiger partial charge is 0.450 e. The minimum atomic E-state index is -4.66. The Kier molecular flexibility index (Phi) is 34.7. The number of rotatable bonds is 23. The number of nitrogens with one attached hydrogen (secondary N) is 5. The smallest absolute Gasteiger partial charge is 0.433 e. The first-order valence-corrected chi connectivity index (χ1v) is 52.1. The lowest BCUT2D eigenvalue weighted by atomic mass is 9.88. The summed E-state index contributed by atoms with van der Waals surface area (Å²) in [5.41, 5.74) is 25.8. The molecule has 4 unspecified atom stereocenters. The number of benzene rings is 10. The molecule has 3 fully saturated rings. The number of likely N-dealkylation sites (tertiary alicyclic amines) is 1. The minimum absolute atomic E-state index is 0.0573. The Morgan fingerprint density at radius 1 is 0.664 bits per heavy atom. The quantitative estimate of drug-likeness (QED) is 0.0135. The molecule has 4 atom stereocenters. The molecule has 3 aliphatic heterocycles. The van der Waals surface area contributed by atoms with E-state index < -0.39 is 27.8 Å². The normalized spacial score (nSPS) is 15.0. The summed E-state index contributed by atoms with van der Waals surface area (Å²) in [6.07, 6.45) is 1.81. The Labute approximate surface area is 863 Å². The molecule has 0 aliphatic carbocycles. The number of hydrogen-bond donors (Lipinski definition) is 7. The fourth-order valence-corrected chi connectivity index (χ4v) is 21.2. The number of alkyl halides is 3. The first-order chi connectivity index (χ1) is 70.2. The lowest BCUT2D eigenvalue weighted by Gasteiger charge is -2.29. The number of carbonyl (C=O) groups excluding carboxylic acids is 5.